The molecule has 14 heavy (non-hydrogen) atoms. The van der Waals surface area contributed by atoms with Gasteiger partial charge in [0.2, 0.25) is 0 Å². The molecule has 0 aliphatic carbocycles. The lowest BCUT2D eigenvalue weighted by Gasteiger charge is -2.18. The summed E-state index contributed by atoms with van der Waals surface area (Å²) in [5.41, 5.74) is 3.09. The van der Waals surface area contributed by atoms with Crippen LogP contribution < -0.4 is 0 Å². The molecule has 0 fully saturated rings. The molecular weight excluding hydrogens is 168 g/mol. The molecular formula is C14H22. The molecule has 0 radical (unpaired) electrons. The zero-order valence-electron chi connectivity index (χ0n) is 9.88. The van der Waals surface area contributed by atoms with E-state index in [4.69, 9.17) is 0 Å². The Kier molecular flexibility index (Phi) is 4.19. The van der Waals surface area contributed by atoms with Gasteiger partial charge in [0.15, 0.2) is 0 Å². The Labute approximate surface area is 88.4 Å². The summed E-state index contributed by atoms with van der Waals surface area (Å²) in [6, 6.07) is 8.89. The molecule has 0 heterocycles. The standard InChI is InChI=1S/C14H22/c1-5-11(3)13-9-7-8-10-14(13)12(4)6-2/h7-12H,5-6H2,1-4H3/t11-,12-/m1/s1. The van der Waals surface area contributed by atoms with Crippen molar-refractivity contribution in [3.05, 3.63) is 35.4 Å². The van der Waals surface area contributed by atoms with E-state index in [9.17, 15) is 0 Å². The molecule has 1 aromatic rings. The molecule has 0 aliphatic heterocycles. The Morgan fingerprint density at radius 1 is 0.857 bits per heavy atom. The van der Waals surface area contributed by atoms with Crippen LogP contribution in [-0.2, 0) is 0 Å². The van der Waals surface area contributed by atoms with E-state index >= 15 is 0 Å². The van der Waals surface area contributed by atoms with Crippen LogP contribution in [0.15, 0.2) is 24.3 Å². The number of hydrogen-bond donors (Lipinski definition) is 0. The fourth-order valence-electron chi connectivity index (χ4n) is 1.85. The molecule has 0 saturated heterocycles. The lowest BCUT2D eigenvalue weighted by atomic mass is 9.87. The Morgan fingerprint density at radius 2 is 1.21 bits per heavy atom. The molecule has 0 unspecified atom stereocenters. The van der Waals surface area contributed by atoms with Crippen molar-refractivity contribution >= 4 is 0 Å². The van der Waals surface area contributed by atoms with Crippen LogP contribution in [0.3, 0.4) is 0 Å². The SMILES string of the molecule is CC[C@@H](C)c1ccccc1[C@H](C)CC. The molecule has 2 atom stereocenters. The van der Waals surface area contributed by atoms with E-state index in [1.807, 2.05) is 0 Å². The van der Waals surface area contributed by atoms with Crippen LogP contribution in [0.1, 0.15) is 63.5 Å². The fraction of sp³-hybridized carbons (Fsp3) is 0.571. The highest BCUT2D eigenvalue weighted by Gasteiger charge is 2.11. The van der Waals surface area contributed by atoms with E-state index in [1.165, 1.54) is 12.8 Å². The average Bonchev–Trinajstić information content (AvgIpc) is 2.27. The predicted octanol–water partition coefficient (Wildman–Crippen LogP) is 4.71. The molecule has 1 rings (SSSR count). The van der Waals surface area contributed by atoms with Crippen molar-refractivity contribution in [2.24, 2.45) is 0 Å². The van der Waals surface area contributed by atoms with Crippen LogP contribution in [0.2, 0.25) is 0 Å². The second-order valence-corrected chi connectivity index (χ2v) is 4.25. The smallest absolute Gasteiger partial charge is 0.0190 e. The predicted molar refractivity (Wildman–Crippen MR) is 63.9 cm³/mol. The zero-order chi connectivity index (χ0) is 10.6. The van der Waals surface area contributed by atoms with Gasteiger partial charge in [0.05, 0.1) is 0 Å². The molecule has 0 aliphatic rings. The number of rotatable bonds is 4. The van der Waals surface area contributed by atoms with Gasteiger partial charge < -0.3 is 0 Å². The van der Waals surface area contributed by atoms with Crippen LogP contribution in [0, 0.1) is 0 Å². The lowest BCUT2D eigenvalue weighted by Crippen LogP contribution is -2.01. The molecule has 0 N–H and O–H groups in total. The van der Waals surface area contributed by atoms with Crippen molar-refractivity contribution in [1.82, 2.24) is 0 Å². The first-order valence-electron chi connectivity index (χ1n) is 5.79. The van der Waals surface area contributed by atoms with E-state index in [2.05, 4.69) is 52.0 Å². The third-order valence-corrected chi connectivity index (χ3v) is 3.28. The van der Waals surface area contributed by atoms with Crippen LogP contribution >= 0.6 is 0 Å². The molecule has 0 amide bonds. The summed E-state index contributed by atoms with van der Waals surface area (Å²) in [5, 5.41) is 0. The molecule has 1 aromatic carbocycles. The summed E-state index contributed by atoms with van der Waals surface area (Å²) in [7, 11) is 0. The van der Waals surface area contributed by atoms with Gasteiger partial charge in [-0.2, -0.15) is 0 Å². The van der Waals surface area contributed by atoms with Crippen molar-refractivity contribution < 1.29 is 0 Å². The Hall–Kier alpha value is -0.780. The maximum atomic E-state index is 2.32. The molecule has 0 bridgehead atoms. The second-order valence-electron chi connectivity index (χ2n) is 4.25. The summed E-state index contributed by atoms with van der Waals surface area (Å²) >= 11 is 0. The number of hydrogen-bond acceptors (Lipinski definition) is 0. The third kappa shape index (κ3) is 2.37. The van der Waals surface area contributed by atoms with Crippen LogP contribution in [-0.4, -0.2) is 0 Å². The molecule has 78 valence electrons. The number of benzene rings is 1. The van der Waals surface area contributed by atoms with Gasteiger partial charge in [-0.05, 0) is 35.8 Å². The van der Waals surface area contributed by atoms with Gasteiger partial charge in [-0.25, -0.2) is 0 Å². The first-order valence-corrected chi connectivity index (χ1v) is 5.79. The fourth-order valence-corrected chi connectivity index (χ4v) is 1.85. The normalized spacial score (nSPS) is 15.1. The van der Waals surface area contributed by atoms with Gasteiger partial charge in [-0.1, -0.05) is 52.0 Å². The van der Waals surface area contributed by atoms with E-state index in [0.29, 0.717) is 11.8 Å². The van der Waals surface area contributed by atoms with Gasteiger partial charge >= 0.3 is 0 Å². The minimum absolute atomic E-state index is 0.695. The molecule has 0 nitrogen and oxygen atoms in total. The highest BCUT2D eigenvalue weighted by molar-refractivity contribution is 5.32. The third-order valence-electron chi connectivity index (χ3n) is 3.28. The van der Waals surface area contributed by atoms with E-state index in [1.54, 1.807) is 11.1 Å². The molecule has 0 saturated carbocycles. The van der Waals surface area contributed by atoms with Gasteiger partial charge in [-0.15, -0.1) is 0 Å². The van der Waals surface area contributed by atoms with Crippen molar-refractivity contribution in [3.63, 3.8) is 0 Å². The average molecular weight is 190 g/mol. The van der Waals surface area contributed by atoms with E-state index in [0.717, 1.165) is 0 Å². The first kappa shape index (κ1) is 11.3. The Bertz CT molecular complexity index is 246. The first-order chi connectivity index (χ1) is 6.70. The van der Waals surface area contributed by atoms with Crippen molar-refractivity contribution in [3.8, 4) is 0 Å². The van der Waals surface area contributed by atoms with Crippen LogP contribution in [0.5, 0.6) is 0 Å². The summed E-state index contributed by atoms with van der Waals surface area (Å²) in [5.74, 6) is 1.39. The summed E-state index contributed by atoms with van der Waals surface area (Å²) in [6.45, 7) is 9.17. The lowest BCUT2D eigenvalue weighted by molar-refractivity contribution is 0.677. The zero-order valence-corrected chi connectivity index (χ0v) is 9.88. The topological polar surface area (TPSA) is 0 Å². The van der Waals surface area contributed by atoms with E-state index in [-0.39, 0.29) is 0 Å². The van der Waals surface area contributed by atoms with Gasteiger partial charge in [0.25, 0.3) is 0 Å². The second kappa shape index (κ2) is 5.19. The van der Waals surface area contributed by atoms with E-state index < -0.39 is 0 Å². The van der Waals surface area contributed by atoms with Gasteiger partial charge in [0.1, 0.15) is 0 Å². The minimum Gasteiger partial charge on any atom is -0.0648 e. The summed E-state index contributed by atoms with van der Waals surface area (Å²) in [6.07, 6.45) is 2.46. The van der Waals surface area contributed by atoms with Crippen LogP contribution in [0.4, 0.5) is 0 Å². The summed E-state index contributed by atoms with van der Waals surface area (Å²) in [4.78, 5) is 0. The highest BCUT2D eigenvalue weighted by Crippen LogP contribution is 2.29. The van der Waals surface area contributed by atoms with Gasteiger partial charge in [-0.3, -0.25) is 0 Å². The van der Waals surface area contributed by atoms with Crippen LogP contribution in [0.25, 0.3) is 0 Å². The Morgan fingerprint density at radius 3 is 1.50 bits per heavy atom. The maximum absolute atomic E-state index is 2.32. The largest absolute Gasteiger partial charge is 0.0648 e. The summed E-state index contributed by atoms with van der Waals surface area (Å²) < 4.78 is 0. The molecule has 0 heteroatoms. The van der Waals surface area contributed by atoms with Crippen molar-refractivity contribution in [2.75, 3.05) is 0 Å². The van der Waals surface area contributed by atoms with Gasteiger partial charge in [0, 0.05) is 0 Å². The molecule has 0 aromatic heterocycles. The Balaban J connectivity index is 3.02. The van der Waals surface area contributed by atoms with Crippen molar-refractivity contribution in [1.29, 1.82) is 0 Å². The highest BCUT2D eigenvalue weighted by atomic mass is 14.2. The minimum atomic E-state index is 0.695. The maximum Gasteiger partial charge on any atom is -0.0190 e. The quantitative estimate of drug-likeness (QED) is 0.644. The van der Waals surface area contributed by atoms with Crippen molar-refractivity contribution in [2.45, 2.75) is 52.4 Å². The molecule has 0 spiro atoms. The monoisotopic (exact) mass is 190 g/mol.